The van der Waals surface area contributed by atoms with E-state index in [0.29, 0.717) is 11.7 Å². The molecule has 0 aromatic carbocycles. The van der Waals surface area contributed by atoms with E-state index in [9.17, 15) is 10.1 Å². The highest BCUT2D eigenvalue weighted by atomic mass is 32.2. The summed E-state index contributed by atoms with van der Waals surface area (Å²) in [4.78, 5) is 15.6. The van der Waals surface area contributed by atoms with Crippen LogP contribution in [0.3, 0.4) is 0 Å². The standard InChI is InChI=1S/C11H8N6O2S2/c18-17(19)9-4-1-5-12-10(9)21-11-13-14-15-16(11)7-8-3-2-6-20-8/h1-6H,7H2. The minimum Gasteiger partial charge on any atom is -0.258 e. The van der Waals surface area contributed by atoms with Crippen molar-refractivity contribution in [3.63, 3.8) is 0 Å². The van der Waals surface area contributed by atoms with Gasteiger partial charge in [-0.2, -0.15) is 0 Å². The molecule has 0 unspecified atom stereocenters. The van der Waals surface area contributed by atoms with E-state index in [1.54, 1.807) is 16.0 Å². The number of hydrogen-bond acceptors (Lipinski definition) is 8. The number of aromatic nitrogens is 5. The molecule has 21 heavy (non-hydrogen) atoms. The molecule has 0 spiro atoms. The second-order valence-corrected chi connectivity index (χ2v) is 5.87. The summed E-state index contributed by atoms with van der Waals surface area (Å²) in [5.41, 5.74) is -0.0619. The van der Waals surface area contributed by atoms with Gasteiger partial charge in [-0.1, -0.05) is 6.07 Å². The Morgan fingerprint density at radius 1 is 1.38 bits per heavy atom. The monoisotopic (exact) mass is 320 g/mol. The molecule has 0 saturated carbocycles. The summed E-state index contributed by atoms with van der Waals surface area (Å²) < 4.78 is 1.59. The molecule has 0 fully saturated rings. The van der Waals surface area contributed by atoms with Crippen LogP contribution in [0.25, 0.3) is 0 Å². The van der Waals surface area contributed by atoms with Crippen LogP contribution in [0.15, 0.2) is 46.0 Å². The Labute approximate surface area is 127 Å². The zero-order chi connectivity index (χ0) is 14.7. The van der Waals surface area contributed by atoms with Gasteiger partial charge in [-0.05, 0) is 39.7 Å². The second kappa shape index (κ2) is 5.97. The fourth-order valence-corrected chi connectivity index (χ4v) is 3.11. The first-order valence-corrected chi connectivity index (χ1v) is 7.49. The topological polar surface area (TPSA) is 99.6 Å². The summed E-state index contributed by atoms with van der Waals surface area (Å²) in [6.07, 6.45) is 1.50. The van der Waals surface area contributed by atoms with Gasteiger partial charge in [0.2, 0.25) is 5.16 Å². The van der Waals surface area contributed by atoms with Gasteiger partial charge in [-0.3, -0.25) is 10.1 Å². The molecule has 0 atom stereocenters. The highest BCUT2D eigenvalue weighted by Crippen LogP contribution is 2.31. The highest BCUT2D eigenvalue weighted by Gasteiger charge is 2.19. The zero-order valence-electron chi connectivity index (χ0n) is 10.5. The molecule has 106 valence electrons. The summed E-state index contributed by atoms with van der Waals surface area (Å²) in [5, 5.41) is 25.1. The van der Waals surface area contributed by atoms with E-state index in [-0.39, 0.29) is 10.7 Å². The normalized spacial score (nSPS) is 10.7. The van der Waals surface area contributed by atoms with Crippen molar-refractivity contribution >= 4 is 28.8 Å². The molecular weight excluding hydrogens is 312 g/mol. The number of tetrazole rings is 1. The van der Waals surface area contributed by atoms with Crippen LogP contribution in [0.4, 0.5) is 5.69 Å². The first-order valence-electron chi connectivity index (χ1n) is 5.80. The third-order valence-electron chi connectivity index (χ3n) is 2.52. The van der Waals surface area contributed by atoms with E-state index in [2.05, 4.69) is 20.5 Å². The Morgan fingerprint density at radius 2 is 2.29 bits per heavy atom. The fraction of sp³-hybridized carbons (Fsp3) is 0.0909. The number of hydrogen-bond donors (Lipinski definition) is 0. The lowest BCUT2D eigenvalue weighted by Crippen LogP contribution is -2.03. The van der Waals surface area contributed by atoms with E-state index in [0.717, 1.165) is 16.6 Å². The predicted octanol–water partition coefficient (Wildman–Crippen LogP) is 2.24. The molecule has 10 heteroatoms. The molecule has 0 aliphatic rings. The molecule has 0 aliphatic carbocycles. The maximum Gasteiger partial charge on any atom is 0.301 e. The maximum absolute atomic E-state index is 11.0. The van der Waals surface area contributed by atoms with Crippen molar-refractivity contribution in [3.8, 4) is 0 Å². The predicted molar refractivity (Wildman–Crippen MR) is 76.3 cm³/mol. The summed E-state index contributed by atoms with van der Waals surface area (Å²) in [6, 6.07) is 6.85. The first-order chi connectivity index (χ1) is 10.2. The Morgan fingerprint density at radius 3 is 3.05 bits per heavy atom. The van der Waals surface area contributed by atoms with Crippen LogP contribution in [-0.4, -0.2) is 30.1 Å². The first kappa shape index (κ1) is 13.6. The minimum absolute atomic E-state index is 0.0619. The van der Waals surface area contributed by atoms with Gasteiger partial charge in [0, 0.05) is 17.1 Å². The SMILES string of the molecule is O=[N+]([O-])c1cccnc1Sc1nnnn1Cc1cccs1. The third kappa shape index (κ3) is 3.06. The van der Waals surface area contributed by atoms with Crippen molar-refractivity contribution in [3.05, 3.63) is 50.8 Å². The highest BCUT2D eigenvalue weighted by molar-refractivity contribution is 7.99. The van der Waals surface area contributed by atoms with Crippen molar-refractivity contribution in [2.24, 2.45) is 0 Å². The molecule has 0 bridgehead atoms. The molecule has 0 saturated heterocycles. The lowest BCUT2D eigenvalue weighted by Gasteiger charge is -2.02. The molecule has 0 radical (unpaired) electrons. The largest absolute Gasteiger partial charge is 0.301 e. The molecule has 3 aromatic heterocycles. The number of pyridine rings is 1. The number of rotatable bonds is 5. The molecule has 0 amide bonds. The molecule has 3 heterocycles. The van der Waals surface area contributed by atoms with Crippen LogP contribution in [-0.2, 0) is 6.54 Å². The smallest absolute Gasteiger partial charge is 0.258 e. The number of thiophene rings is 1. The van der Waals surface area contributed by atoms with Crippen molar-refractivity contribution in [2.75, 3.05) is 0 Å². The van der Waals surface area contributed by atoms with Crippen LogP contribution in [0, 0.1) is 10.1 Å². The Hall–Kier alpha value is -2.33. The molecule has 3 rings (SSSR count). The molecule has 8 nitrogen and oxygen atoms in total. The third-order valence-corrected chi connectivity index (χ3v) is 4.36. The van der Waals surface area contributed by atoms with Gasteiger partial charge in [0.05, 0.1) is 11.5 Å². The fourth-order valence-electron chi connectivity index (χ4n) is 1.61. The van der Waals surface area contributed by atoms with Crippen LogP contribution < -0.4 is 0 Å². The van der Waals surface area contributed by atoms with Gasteiger partial charge in [0.15, 0.2) is 5.03 Å². The van der Waals surface area contributed by atoms with Crippen molar-refractivity contribution in [1.82, 2.24) is 25.2 Å². The lowest BCUT2D eigenvalue weighted by atomic mass is 10.4. The van der Waals surface area contributed by atoms with Crippen LogP contribution in [0.2, 0.25) is 0 Å². The van der Waals surface area contributed by atoms with Crippen LogP contribution in [0.5, 0.6) is 0 Å². The molecule has 0 N–H and O–H groups in total. The summed E-state index contributed by atoms with van der Waals surface area (Å²) in [7, 11) is 0. The van der Waals surface area contributed by atoms with Crippen LogP contribution in [0.1, 0.15) is 4.88 Å². The average Bonchev–Trinajstić information content (AvgIpc) is 3.12. The second-order valence-electron chi connectivity index (χ2n) is 3.89. The van der Waals surface area contributed by atoms with E-state index in [1.807, 2.05) is 17.5 Å². The van der Waals surface area contributed by atoms with Gasteiger partial charge >= 0.3 is 5.69 Å². The van der Waals surface area contributed by atoms with E-state index in [4.69, 9.17) is 0 Å². The van der Waals surface area contributed by atoms with Crippen molar-refractivity contribution in [1.29, 1.82) is 0 Å². The van der Waals surface area contributed by atoms with Crippen LogP contribution >= 0.6 is 23.1 Å². The van der Waals surface area contributed by atoms with E-state index < -0.39 is 4.92 Å². The van der Waals surface area contributed by atoms with Crippen molar-refractivity contribution < 1.29 is 4.92 Å². The average molecular weight is 320 g/mol. The van der Waals surface area contributed by atoms with Gasteiger partial charge in [0.1, 0.15) is 0 Å². The van der Waals surface area contributed by atoms with Crippen molar-refractivity contribution in [2.45, 2.75) is 16.7 Å². The van der Waals surface area contributed by atoms with Gasteiger partial charge in [-0.15, -0.1) is 16.4 Å². The maximum atomic E-state index is 11.0. The summed E-state index contributed by atoms with van der Waals surface area (Å²) in [6.45, 7) is 0.521. The van der Waals surface area contributed by atoms with Gasteiger partial charge in [0.25, 0.3) is 0 Å². The van der Waals surface area contributed by atoms with E-state index in [1.165, 1.54) is 18.3 Å². The molecular formula is C11H8N6O2S2. The Kier molecular flexibility index (Phi) is 3.88. The zero-order valence-corrected chi connectivity index (χ0v) is 12.1. The summed E-state index contributed by atoms with van der Waals surface area (Å²) >= 11 is 2.67. The van der Waals surface area contributed by atoms with E-state index >= 15 is 0 Å². The lowest BCUT2D eigenvalue weighted by molar-refractivity contribution is -0.388. The van der Waals surface area contributed by atoms with Gasteiger partial charge in [-0.25, -0.2) is 9.67 Å². The van der Waals surface area contributed by atoms with Gasteiger partial charge < -0.3 is 0 Å². The number of nitro groups is 1. The molecule has 0 aliphatic heterocycles. The summed E-state index contributed by atoms with van der Waals surface area (Å²) in [5.74, 6) is 0. The quantitative estimate of drug-likeness (QED) is 0.525. The number of nitrogens with zero attached hydrogens (tertiary/aromatic N) is 6. The molecule has 3 aromatic rings. The Bertz CT molecular complexity index is 758. The Balaban J connectivity index is 1.86. The minimum atomic E-state index is -0.470.